The Morgan fingerprint density at radius 1 is 0.969 bits per heavy atom. The Bertz CT molecular complexity index is 1030. The number of benzene rings is 2. The Morgan fingerprint density at radius 2 is 1.56 bits per heavy atom. The number of aryl methyl sites for hydroxylation is 1. The van der Waals surface area contributed by atoms with Gasteiger partial charge >= 0.3 is 0 Å². The SMILES string of the molecule is Cc1ccc(N[C@H](C)C(=O)Nc2ccc(N(C)C)cc2)cc1S(=O)(=O)N1CCCCCC1. The Hall–Kier alpha value is -2.58. The fourth-order valence-corrected chi connectivity index (χ4v) is 5.57. The van der Waals surface area contributed by atoms with E-state index in [1.165, 1.54) is 0 Å². The van der Waals surface area contributed by atoms with Gasteiger partial charge in [-0.1, -0.05) is 18.9 Å². The minimum Gasteiger partial charge on any atom is -0.378 e. The molecule has 1 aliphatic heterocycles. The molecule has 0 radical (unpaired) electrons. The Kier molecular flexibility index (Phi) is 7.79. The molecule has 1 heterocycles. The molecule has 32 heavy (non-hydrogen) atoms. The summed E-state index contributed by atoms with van der Waals surface area (Å²) in [5.41, 5.74) is 3.07. The summed E-state index contributed by atoms with van der Waals surface area (Å²) in [5, 5.41) is 6.04. The van der Waals surface area contributed by atoms with Gasteiger partial charge in [-0.3, -0.25) is 4.79 Å². The third-order valence-electron chi connectivity index (χ3n) is 5.80. The van der Waals surface area contributed by atoms with Crippen LogP contribution in [0.15, 0.2) is 47.4 Å². The van der Waals surface area contributed by atoms with Gasteiger partial charge in [0.15, 0.2) is 0 Å². The molecule has 1 amide bonds. The maximum Gasteiger partial charge on any atom is 0.246 e. The highest BCUT2D eigenvalue weighted by molar-refractivity contribution is 7.89. The third kappa shape index (κ3) is 5.81. The quantitative estimate of drug-likeness (QED) is 0.654. The lowest BCUT2D eigenvalue weighted by molar-refractivity contribution is -0.116. The van der Waals surface area contributed by atoms with E-state index in [4.69, 9.17) is 0 Å². The average molecular weight is 459 g/mol. The van der Waals surface area contributed by atoms with Gasteiger partial charge in [-0.2, -0.15) is 4.31 Å². The largest absolute Gasteiger partial charge is 0.378 e. The summed E-state index contributed by atoms with van der Waals surface area (Å²) < 4.78 is 28.1. The van der Waals surface area contributed by atoms with Crippen LogP contribution in [0.3, 0.4) is 0 Å². The molecule has 1 fully saturated rings. The molecule has 0 spiro atoms. The van der Waals surface area contributed by atoms with E-state index in [0.717, 1.165) is 31.4 Å². The highest BCUT2D eigenvalue weighted by Crippen LogP contribution is 2.26. The number of amides is 1. The van der Waals surface area contributed by atoms with Crippen molar-refractivity contribution in [1.82, 2.24) is 4.31 Å². The smallest absolute Gasteiger partial charge is 0.246 e. The summed E-state index contributed by atoms with van der Waals surface area (Å²) in [6, 6.07) is 12.3. The first-order valence-electron chi connectivity index (χ1n) is 11.1. The number of carbonyl (C=O) groups is 1. The van der Waals surface area contributed by atoms with Gasteiger partial charge in [-0.15, -0.1) is 0 Å². The first-order chi connectivity index (χ1) is 15.2. The summed E-state index contributed by atoms with van der Waals surface area (Å²) in [4.78, 5) is 15.0. The van der Waals surface area contributed by atoms with Crippen molar-refractivity contribution < 1.29 is 13.2 Å². The summed E-state index contributed by atoms with van der Waals surface area (Å²) in [5.74, 6) is -0.194. The van der Waals surface area contributed by atoms with Crippen LogP contribution < -0.4 is 15.5 Å². The molecule has 2 aromatic carbocycles. The van der Waals surface area contributed by atoms with Crippen molar-refractivity contribution in [3.63, 3.8) is 0 Å². The van der Waals surface area contributed by atoms with Gasteiger partial charge in [-0.25, -0.2) is 8.42 Å². The van der Waals surface area contributed by atoms with Gasteiger partial charge in [0.1, 0.15) is 6.04 Å². The van der Waals surface area contributed by atoms with Crippen LogP contribution in [0.2, 0.25) is 0 Å². The first-order valence-corrected chi connectivity index (χ1v) is 12.6. The van der Waals surface area contributed by atoms with E-state index in [0.29, 0.717) is 34.9 Å². The molecule has 3 rings (SSSR count). The second-order valence-corrected chi connectivity index (χ2v) is 10.5. The van der Waals surface area contributed by atoms with Crippen LogP contribution in [0, 0.1) is 6.92 Å². The fourth-order valence-electron chi connectivity index (χ4n) is 3.80. The second-order valence-electron chi connectivity index (χ2n) is 8.60. The van der Waals surface area contributed by atoms with Gasteiger partial charge in [0, 0.05) is 44.2 Å². The molecule has 7 nitrogen and oxygen atoms in total. The highest BCUT2D eigenvalue weighted by atomic mass is 32.2. The van der Waals surface area contributed by atoms with E-state index in [1.807, 2.05) is 56.3 Å². The lowest BCUT2D eigenvalue weighted by atomic mass is 10.2. The van der Waals surface area contributed by atoms with Crippen LogP contribution in [0.5, 0.6) is 0 Å². The minimum atomic E-state index is -3.57. The number of carbonyl (C=O) groups excluding carboxylic acids is 1. The summed E-state index contributed by atoms with van der Waals surface area (Å²) in [6.45, 7) is 4.68. The predicted octanol–water partition coefficient (Wildman–Crippen LogP) is 4.06. The van der Waals surface area contributed by atoms with Crippen LogP contribution in [0.1, 0.15) is 38.2 Å². The van der Waals surface area contributed by atoms with E-state index in [1.54, 1.807) is 23.4 Å². The Balaban J connectivity index is 1.71. The molecule has 1 atom stereocenters. The van der Waals surface area contributed by atoms with E-state index >= 15 is 0 Å². The summed E-state index contributed by atoms with van der Waals surface area (Å²) in [6.07, 6.45) is 3.92. The molecule has 8 heteroatoms. The second kappa shape index (κ2) is 10.4. The number of anilines is 3. The van der Waals surface area contributed by atoms with E-state index in [9.17, 15) is 13.2 Å². The molecule has 1 saturated heterocycles. The number of rotatable bonds is 7. The lowest BCUT2D eigenvalue weighted by Crippen LogP contribution is -2.33. The molecule has 2 aromatic rings. The minimum absolute atomic E-state index is 0.194. The van der Waals surface area contributed by atoms with Gasteiger partial charge < -0.3 is 15.5 Å². The molecule has 0 saturated carbocycles. The highest BCUT2D eigenvalue weighted by Gasteiger charge is 2.27. The molecule has 0 unspecified atom stereocenters. The number of nitrogens with zero attached hydrogens (tertiary/aromatic N) is 2. The normalized spacial score (nSPS) is 16.1. The monoisotopic (exact) mass is 458 g/mol. The van der Waals surface area contributed by atoms with E-state index in [2.05, 4.69) is 10.6 Å². The van der Waals surface area contributed by atoms with Crippen molar-refractivity contribution in [3.8, 4) is 0 Å². The van der Waals surface area contributed by atoms with Crippen LogP contribution in [-0.4, -0.2) is 51.9 Å². The molecule has 0 bridgehead atoms. The summed E-state index contributed by atoms with van der Waals surface area (Å²) in [7, 11) is 0.356. The topological polar surface area (TPSA) is 81.8 Å². The van der Waals surface area contributed by atoms with E-state index < -0.39 is 16.1 Å². The van der Waals surface area contributed by atoms with Crippen molar-refractivity contribution in [3.05, 3.63) is 48.0 Å². The fraction of sp³-hybridized carbons (Fsp3) is 0.458. The van der Waals surface area contributed by atoms with Gasteiger partial charge in [-0.05, 0) is 68.7 Å². The molecular formula is C24H34N4O3S. The lowest BCUT2D eigenvalue weighted by Gasteiger charge is -2.22. The zero-order valence-electron chi connectivity index (χ0n) is 19.4. The molecular weight excluding hydrogens is 424 g/mol. The Morgan fingerprint density at radius 3 is 2.16 bits per heavy atom. The molecule has 0 aliphatic carbocycles. The first kappa shape index (κ1) is 24.1. The molecule has 0 aromatic heterocycles. The van der Waals surface area contributed by atoms with Crippen LogP contribution in [-0.2, 0) is 14.8 Å². The van der Waals surface area contributed by atoms with Gasteiger partial charge in [0.05, 0.1) is 4.90 Å². The zero-order chi connectivity index (χ0) is 23.3. The van der Waals surface area contributed by atoms with Crippen LogP contribution in [0.4, 0.5) is 17.1 Å². The van der Waals surface area contributed by atoms with E-state index in [-0.39, 0.29) is 5.91 Å². The van der Waals surface area contributed by atoms with Gasteiger partial charge in [0.2, 0.25) is 15.9 Å². The number of hydrogen-bond donors (Lipinski definition) is 2. The Labute approximate surface area is 191 Å². The van der Waals surface area contributed by atoms with Crippen LogP contribution in [0.25, 0.3) is 0 Å². The van der Waals surface area contributed by atoms with Crippen molar-refractivity contribution in [1.29, 1.82) is 0 Å². The zero-order valence-corrected chi connectivity index (χ0v) is 20.2. The maximum absolute atomic E-state index is 13.3. The van der Waals surface area contributed by atoms with Crippen molar-refractivity contribution in [2.24, 2.45) is 0 Å². The maximum atomic E-state index is 13.3. The molecule has 174 valence electrons. The van der Waals surface area contributed by atoms with Crippen molar-refractivity contribution in [2.45, 2.75) is 50.5 Å². The molecule has 2 N–H and O–H groups in total. The standard InChI is InChI=1S/C24H34N4O3S/c1-18-9-10-21(17-23(18)32(30,31)28-15-7-5-6-8-16-28)25-19(2)24(29)26-20-11-13-22(14-12-20)27(3)4/h9-14,17,19,25H,5-8,15-16H2,1-4H3,(H,26,29)/t19-/m1/s1. The van der Waals surface area contributed by atoms with Crippen molar-refractivity contribution in [2.75, 3.05) is 42.7 Å². The van der Waals surface area contributed by atoms with Crippen molar-refractivity contribution >= 4 is 33.0 Å². The predicted molar refractivity (Wildman–Crippen MR) is 131 cm³/mol. The van der Waals surface area contributed by atoms with Gasteiger partial charge in [0.25, 0.3) is 0 Å². The molecule has 1 aliphatic rings. The summed E-state index contributed by atoms with van der Waals surface area (Å²) >= 11 is 0. The number of nitrogens with one attached hydrogen (secondary N) is 2. The third-order valence-corrected chi connectivity index (χ3v) is 7.84. The number of hydrogen-bond acceptors (Lipinski definition) is 5. The number of sulfonamides is 1. The average Bonchev–Trinajstić information content (AvgIpc) is 3.05. The van der Waals surface area contributed by atoms with Crippen LogP contribution >= 0.6 is 0 Å².